The summed E-state index contributed by atoms with van der Waals surface area (Å²) in [7, 11) is 0. The number of hydrogen-bond acceptors (Lipinski definition) is 1. The van der Waals surface area contributed by atoms with Crippen molar-refractivity contribution in [1.29, 1.82) is 0 Å². The third-order valence-corrected chi connectivity index (χ3v) is 6.32. The van der Waals surface area contributed by atoms with Gasteiger partial charge in [0.1, 0.15) is 0 Å². The van der Waals surface area contributed by atoms with Crippen molar-refractivity contribution in [2.24, 2.45) is 10.9 Å². The number of allylic oxidation sites excluding steroid dienone is 1. The van der Waals surface area contributed by atoms with Gasteiger partial charge >= 0.3 is 0 Å². The first-order valence-corrected chi connectivity index (χ1v) is 10.6. The van der Waals surface area contributed by atoms with E-state index in [0.717, 1.165) is 12.8 Å². The van der Waals surface area contributed by atoms with Crippen LogP contribution in [0.25, 0.3) is 5.57 Å². The van der Waals surface area contributed by atoms with E-state index in [9.17, 15) is 0 Å². The van der Waals surface area contributed by atoms with Gasteiger partial charge < -0.3 is 0 Å². The maximum absolute atomic E-state index is 5.09. The minimum absolute atomic E-state index is 0.317. The van der Waals surface area contributed by atoms with Gasteiger partial charge in [0.15, 0.2) is 0 Å². The van der Waals surface area contributed by atoms with Crippen LogP contribution in [0.15, 0.2) is 54.0 Å². The molecule has 1 heterocycles. The second-order valence-corrected chi connectivity index (χ2v) is 8.33. The van der Waals surface area contributed by atoms with E-state index in [1.54, 1.807) is 0 Å². The smallest absolute Gasteiger partial charge is 0.0677 e. The topological polar surface area (TPSA) is 12.4 Å². The molecule has 0 radical (unpaired) electrons. The fraction of sp³-hybridized carbons (Fsp3) is 0.423. The number of nitrogens with zero attached hydrogens (tertiary/aromatic N) is 1. The molecule has 140 valence electrons. The first-order valence-electron chi connectivity index (χ1n) is 10.6. The standard InChI is InChI=1S/C26H31N/c1-4-8-24-26(21-13-11-18(2)12-14-21)23-16-15-22(17-25(23)27-24)19(3)20-9-6-5-7-10-20/h11-17,20,26H,3-10H2,1-2H3. The summed E-state index contributed by atoms with van der Waals surface area (Å²) < 4.78 is 0. The largest absolute Gasteiger partial charge is 0.256 e. The van der Waals surface area contributed by atoms with Gasteiger partial charge in [0.05, 0.1) is 5.69 Å². The summed E-state index contributed by atoms with van der Waals surface area (Å²) in [4.78, 5) is 5.09. The van der Waals surface area contributed by atoms with Crippen molar-refractivity contribution in [3.8, 4) is 0 Å². The van der Waals surface area contributed by atoms with Crippen molar-refractivity contribution >= 4 is 17.0 Å². The van der Waals surface area contributed by atoms with Crippen LogP contribution in [0.1, 0.15) is 80.0 Å². The van der Waals surface area contributed by atoms with Crippen molar-refractivity contribution in [2.45, 2.75) is 64.7 Å². The molecule has 0 saturated heterocycles. The zero-order chi connectivity index (χ0) is 18.8. The predicted molar refractivity (Wildman–Crippen MR) is 117 cm³/mol. The van der Waals surface area contributed by atoms with Crippen molar-refractivity contribution < 1.29 is 0 Å². The predicted octanol–water partition coefficient (Wildman–Crippen LogP) is 7.61. The zero-order valence-corrected chi connectivity index (χ0v) is 16.8. The first-order chi connectivity index (χ1) is 13.2. The quantitative estimate of drug-likeness (QED) is 0.522. The molecule has 0 amide bonds. The van der Waals surface area contributed by atoms with Crippen molar-refractivity contribution in [2.75, 3.05) is 0 Å². The Morgan fingerprint density at radius 3 is 2.48 bits per heavy atom. The maximum atomic E-state index is 5.09. The Hall–Kier alpha value is -2.15. The van der Waals surface area contributed by atoms with Crippen LogP contribution in [0.5, 0.6) is 0 Å². The molecule has 0 aromatic heterocycles. The summed E-state index contributed by atoms with van der Waals surface area (Å²) in [5, 5.41) is 0. The van der Waals surface area contributed by atoms with E-state index in [4.69, 9.17) is 4.99 Å². The Balaban J connectivity index is 1.67. The molecule has 27 heavy (non-hydrogen) atoms. The van der Waals surface area contributed by atoms with E-state index in [0.29, 0.717) is 11.8 Å². The van der Waals surface area contributed by atoms with Gasteiger partial charge in [-0.25, -0.2) is 0 Å². The molecule has 1 aliphatic heterocycles. The molecule has 1 heteroatoms. The molecule has 0 bridgehead atoms. The highest BCUT2D eigenvalue weighted by atomic mass is 14.8. The minimum atomic E-state index is 0.317. The molecule has 1 atom stereocenters. The Bertz CT molecular complexity index is 850. The van der Waals surface area contributed by atoms with Crippen LogP contribution in [-0.2, 0) is 0 Å². The fourth-order valence-electron chi connectivity index (χ4n) is 4.76. The van der Waals surface area contributed by atoms with E-state index in [-0.39, 0.29) is 0 Å². The van der Waals surface area contributed by atoms with E-state index in [2.05, 4.69) is 62.9 Å². The van der Waals surface area contributed by atoms with Gasteiger partial charge in [0.25, 0.3) is 0 Å². The van der Waals surface area contributed by atoms with Crippen LogP contribution in [0, 0.1) is 12.8 Å². The van der Waals surface area contributed by atoms with Crippen molar-refractivity contribution in [3.05, 3.63) is 71.3 Å². The number of benzene rings is 2. The van der Waals surface area contributed by atoms with Gasteiger partial charge in [-0.1, -0.05) is 81.1 Å². The van der Waals surface area contributed by atoms with Crippen molar-refractivity contribution in [1.82, 2.24) is 0 Å². The lowest BCUT2D eigenvalue weighted by Gasteiger charge is -2.24. The van der Waals surface area contributed by atoms with Gasteiger partial charge in [0, 0.05) is 11.6 Å². The Labute approximate surface area is 164 Å². The molecule has 1 nitrogen and oxygen atoms in total. The van der Waals surface area contributed by atoms with Gasteiger partial charge in [0.2, 0.25) is 0 Å². The molecule has 0 spiro atoms. The van der Waals surface area contributed by atoms with Crippen LogP contribution >= 0.6 is 0 Å². The summed E-state index contributed by atoms with van der Waals surface area (Å²) in [6, 6.07) is 15.9. The zero-order valence-electron chi connectivity index (χ0n) is 16.8. The molecule has 2 aromatic rings. The van der Waals surface area contributed by atoms with E-state index in [1.807, 2.05) is 0 Å². The lowest BCUT2D eigenvalue weighted by Crippen LogP contribution is -2.10. The molecule has 1 saturated carbocycles. The van der Waals surface area contributed by atoms with Crippen LogP contribution in [0.2, 0.25) is 0 Å². The maximum Gasteiger partial charge on any atom is 0.0677 e. The van der Waals surface area contributed by atoms with E-state index in [1.165, 1.54) is 71.3 Å². The van der Waals surface area contributed by atoms with Crippen LogP contribution in [-0.4, -0.2) is 5.71 Å². The summed E-state index contributed by atoms with van der Waals surface area (Å²) in [6.45, 7) is 8.86. The third-order valence-electron chi connectivity index (χ3n) is 6.32. The average Bonchev–Trinajstić information content (AvgIpc) is 3.06. The van der Waals surface area contributed by atoms with E-state index >= 15 is 0 Å². The van der Waals surface area contributed by atoms with Crippen LogP contribution in [0.3, 0.4) is 0 Å². The lowest BCUT2D eigenvalue weighted by atomic mass is 9.81. The average molecular weight is 358 g/mol. The first kappa shape index (κ1) is 18.2. The van der Waals surface area contributed by atoms with Crippen molar-refractivity contribution in [3.63, 3.8) is 0 Å². The Morgan fingerprint density at radius 2 is 1.78 bits per heavy atom. The van der Waals surface area contributed by atoms with Gasteiger partial charge in [-0.3, -0.25) is 4.99 Å². The van der Waals surface area contributed by atoms with Gasteiger partial charge in [-0.2, -0.15) is 0 Å². The Morgan fingerprint density at radius 1 is 1.04 bits per heavy atom. The number of hydrogen-bond donors (Lipinski definition) is 0. The normalized spacial score (nSPS) is 19.6. The monoisotopic (exact) mass is 357 g/mol. The highest BCUT2D eigenvalue weighted by Crippen LogP contribution is 2.43. The number of rotatable bonds is 5. The molecule has 0 N–H and O–H groups in total. The second-order valence-electron chi connectivity index (χ2n) is 8.33. The number of aliphatic imine (C=N–C) groups is 1. The highest BCUT2D eigenvalue weighted by Gasteiger charge is 2.29. The molecular formula is C26H31N. The SMILES string of the molecule is C=C(c1ccc2c(c1)N=C(CCC)C2c1ccc(C)cc1)C1CCCCC1. The summed E-state index contributed by atoms with van der Waals surface area (Å²) in [5.41, 5.74) is 9.14. The molecular weight excluding hydrogens is 326 g/mol. The summed E-state index contributed by atoms with van der Waals surface area (Å²) in [5.74, 6) is 0.975. The summed E-state index contributed by atoms with van der Waals surface area (Å²) >= 11 is 0. The van der Waals surface area contributed by atoms with Crippen LogP contribution in [0.4, 0.5) is 5.69 Å². The Kier molecular flexibility index (Phi) is 5.29. The second kappa shape index (κ2) is 7.84. The minimum Gasteiger partial charge on any atom is -0.256 e. The number of fused-ring (bicyclic) bond motifs is 1. The molecule has 1 unspecified atom stereocenters. The fourth-order valence-corrected chi connectivity index (χ4v) is 4.76. The van der Waals surface area contributed by atoms with Gasteiger partial charge in [-0.15, -0.1) is 0 Å². The molecule has 1 fully saturated rings. The molecule has 2 aromatic carbocycles. The molecule has 1 aliphatic carbocycles. The highest BCUT2D eigenvalue weighted by molar-refractivity contribution is 6.01. The van der Waals surface area contributed by atoms with Gasteiger partial charge in [-0.05, 0) is 60.4 Å². The molecule has 4 rings (SSSR count). The third kappa shape index (κ3) is 3.65. The number of aryl methyl sites for hydroxylation is 1. The lowest BCUT2D eigenvalue weighted by molar-refractivity contribution is 0.430. The van der Waals surface area contributed by atoms with Crippen LogP contribution < -0.4 is 0 Å². The van der Waals surface area contributed by atoms with E-state index < -0.39 is 0 Å². The summed E-state index contributed by atoms with van der Waals surface area (Å²) in [6.07, 6.45) is 8.88. The molecule has 2 aliphatic rings.